The van der Waals surface area contributed by atoms with Crippen LogP contribution in [0.3, 0.4) is 0 Å². The predicted molar refractivity (Wildman–Crippen MR) is 82.2 cm³/mol. The van der Waals surface area contributed by atoms with Gasteiger partial charge in [-0.2, -0.15) is 0 Å². The lowest BCUT2D eigenvalue weighted by molar-refractivity contribution is -0.144. The number of carboxylic acids is 1. The number of hydrogen-bond donors (Lipinski definition) is 3. The fourth-order valence-electron chi connectivity index (χ4n) is 2.36. The highest BCUT2D eigenvalue weighted by Crippen LogP contribution is 2.17. The van der Waals surface area contributed by atoms with E-state index in [2.05, 4.69) is 10.6 Å². The van der Waals surface area contributed by atoms with Crippen LogP contribution in [0.25, 0.3) is 0 Å². The first-order valence-corrected chi connectivity index (χ1v) is 7.17. The van der Waals surface area contributed by atoms with Gasteiger partial charge < -0.3 is 15.7 Å². The Morgan fingerprint density at radius 3 is 2.48 bits per heavy atom. The Bertz CT molecular complexity index is 516. The highest BCUT2D eigenvalue weighted by atomic mass is 16.4. The van der Waals surface area contributed by atoms with Gasteiger partial charge in [0, 0.05) is 0 Å². The molecule has 0 fully saturated rings. The van der Waals surface area contributed by atoms with E-state index in [1.807, 2.05) is 45.0 Å². The van der Waals surface area contributed by atoms with Gasteiger partial charge in [0.15, 0.2) is 0 Å². The lowest BCUT2D eigenvalue weighted by Crippen LogP contribution is -2.55. The minimum atomic E-state index is -1.25. The van der Waals surface area contributed by atoms with Gasteiger partial charge in [-0.1, -0.05) is 37.6 Å². The van der Waals surface area contributed by atoms with E-state index in [1.54, 1.807) is 0 Å². The molecule has 5 heteroatoms. The second kappa shape index (κ2) is 7.11. The van der Waals surface area contributed by atoms with Crippen LogP contribution in [0.1, 0.15) is 50.8 Å². The van der Waals surface area contributed by atoms with E-state index in [1.165, 1.54) is 6.92 Å². The third-order valence-electron chi connectivity index (χ3n) is 3.61. The Hall–Kier alpha value is -2.04. The number of hydrogen-bond acceptors (Lipinski definition) is 2. The van der Waals surface area contributed by atoms with Crippen LogP contribution in [0.2, 0.25) is 0 Å². The van der Waals surface area contributed by atoms with Crippen molar-refractivity contribution in [3.8, 4) is 0 Å². The summed E-state index contributed by atoms with van der Waals surface area (Å²) in [6.07, 6.45) is 1.06. The van der Waals surface area contributed by atoms with E-state index in [0.29, 0.717) is 12.8 Å². The summed E-state index contributed by atoms with van der Waals surface area (Å²) in [4.78, 5) is 23.4. The third-order valence-corrected chi connectivity index (χ3v) is 3.61. The Kier molecular flexibility index (Phi) is 5.76. The molecular weight excluding hydrogens is 268 g/mol. The molecule has 21 heavy (non-hydrogen) atoms. The van der Waals surface area contributed by atoms with Crippen LogP contribution in [0.4, 0.5) is 4.79 Å². The highest BCUT2D eigenvalue weighted by Gasteiger charge is 2.34. The average Bonchev–Trinajstić information content (AvgIpc) is 2.38. The first kappa shape index (κ1) is 17.0. The van der Waals surface area contributed by atoms with Crippen molar-refractivity contribution >= 4 is 12.0 Å². The summed E-state index contributed by atoms with van der Waals surface area (Å²) in [6.45, 7) is 7.26. The minimum absolute atomic E-state index is 0.189. The molecule has 0 aliphatic rings. The van der Waals surface area contributed by atoms with E-state index in [0.717, 1.165) is 11.1 Å². The van der Waals surface area contributed by atoms with E-state index in [4.69, 9.17) is 0 Å². The van der Waals surface area contributed by atoms with Crippen molar-refractivity contribution in [3.63, 3.8) is 0 Å². The van der Waals surface area contributed by atoms with Gasteiger partial charge in [-0.15, -0.1) is 0 Å². The van der Waals surface area contributed by atoms with Crippen LogP contribution in [-0.4, -0.2) is 22.6 Å². The monoisotopic (exact) mass is 292 g/mol. The van der Waals surface area contributed by atoms with Crippen molar-refractivity contribution in [3.05, 3.63) is 35.4 Å². The summed E-state index contributed by atoms with van der Waals surface area (Å²) in [5, 5.41) is 14.6. The van der Waals surface area contributed by atoms with Crippen molar-refractivity contribution in [2.45, 2.75) is 52.1 Å². The number of carbonyl (C=O) groups is 2. The molecular formula is C16H24N2O3. The van der Waals surface area contributed by atoms with Gasteiger partial charge in [-0.25, -0.2) is 9.59 Å². The Morgan fingerprint density at radius 1 is 1.33 bits per heavy atom. The molecule has 0 radical (unpaired) electrons. The van der Waals surface area contributed by atoms with E-state index in [-0.39, 0.29) is 6.04 Å². The fraction of sp³-hybridized carbons (Fsp3) is 0.500. The zero-order valence-electron chi connectivity index (χ0n) is 13.1. The summed E-state index contributed by atoms with van der Waals surface area (Å²) in [6, 6.07) is 7.12. The van der Waals surface area contributed by atoms with Crippen molar-refractivity contribution in [2.24, 2.45) is 0 Å². The normalized spacial score (nSPS) is 14.9. The molecule has 5 nitrogen and oxygen atoms in total. The quantitative estimate of drug-likeness (QED) is 0.754. The number of benzene rings is 1. The van der Waals surface area contributed by atoms with Gasteiger partial charge in [0.2, 0.25) is 0 Å². The molecule has 2 amide bonds. The number of amides is 2. The fourth-order valence-corrected chi connectivity index (χ4v) is 2.36. The Balaban J connectivity index is 2.73. The van der Waals surface area contributed by atoms with Gasteiger partial charge in [0.25, 0.3) is 0 Å². The largest absolute Gasteiger partial charge is 0.480 e. The molecule has 0 saturated heterocycles. The number of nitrogens with one attached hydrogen (secondary N) is 2. The van der Waals surface area contributed by atoms with E-state index < -0.39 is 17.5 Å². The van der Waals surface area contributed by atoms with Gasteiger partial charge in [0.05, 0.1) is 6.04 Å². The molecule has 0 heterocycles. The summed E-state index contributed by atoms with van der Waals surface area (Å²) in [5.74, 6) is -1.02. The maximum atomic E-state index is 12.0. The molecule has 1 aromatic carbocycles. The number of carbonyl (C=O) groups excluding carboxylic acids is 1. The van der Waals surface area contributed by atoms with Crippen LogP contribution in [0, 0.1) is 6.92 Å². The Labute approximate surface area is 125 Å². The second-order valence-electron chi connectivity index (χ2n) is 5.56. The average molecular weight is 292 g/mol. The first-order valence-electron chi connectivity index (χ1n) is 7.17. The van der Waals surface area contributed by atoms with Gasteiger partial charge in [0.1, 0.15) is 5.54 Å². The van der Waals surface area contributed by atoms with Gasteiger partial charge in [-0.05, 0) is 38.3 Å². The van der Waals surface area contributed by atoms with Crippen molar-refractivity contribution in [1.82, 2.24) is 10.6 Å². The molecule has 1 aromatic rings. The van der Waals surface area contributed by atoms with Gasteiger partial charge in [-0.3, -0.25) is 0 Å². The Morgan fingerprint density at radius 2 is 1.95 bits per heavy atom. The molecule has 0 spiro atoms. The molecule has 0 aliphatic heterocycles. The van der Waals surface area contributed by atoms with Crippen molar-refractivity contribution < 1.29 is 14.7 Å². The number of carboxylic acid groups (broad SMARTS) is 1. The standard InChI is InChI=1S/C16H24N2O3/c1-5-10-16(4,14(19)20)18-15(21)17-12(3)13-9-7-6-8-11(13)2/h6-9,12H,5,10H2,1-4H3,(H,19,20)(H2,17,18,21). The molecule has 116 valence electrons. The third kappa shape index (κ3) is 4.48. The van der Waals surface area contributed by atoms with Crippen LogP contribution in [0.15, 0.2) is 24.3 Å². The van der Waals surface area contributed by atoms with Gasteiger partial charge >= 0.3 is 12.0 Å². The smallest absolute Gasteiger partial charge is 0.329 e. The first-order chi connectivity index (χ1) is 9.80. The maximum Gasteiger partial charge on any atom is 0.329 e. The van der Waals surface area contributed by atoms with Crippen LogP contribution in [-0.2, 0) is 4.79 Å². The SMILES string of the molecule is CCCC(C)(NC(=O)NC(C)c1ccccc1C)C(=O)O. The molecule has 0 bridgehead atoms. The predicted octanol–water partition coefficient (Wildman–Crippen LogP) is 3.00. The number of rotatable bonds is 6. The number of urea groups is 1. The van der Waals surface area contributed by atoms with Crippen LogP contribution < -0.4 is 10.6 Å². The molecule has 1 rings (SSSR count). The van der Waals surface area contributed by atoms with Crippen LogP contribution in [0.5, 0.6) is 0 Å². The highest BCUT2D eigenvalue weighted by molar-refractivity contribution is 5.86. The minimum Gasteiger partial charge on any atom is -0.480 e. The lowest BCUT2D eigenvalue weighted by atomic mass is 9.96. The summed E-state index contributed by atoms with van der Waals surface area (Å²) in [5.41, 5.74) is 0.851. The topological polar surface area (TPSA) is 78.4 Å². The molecule has 2 unspecified atom stereocenters. The summed E-state index contributed by atoms with van der Waals surface area (Å²) < 4.78 is 0. The molecule has 3 N–H and O–H groups in total. The molecule has 0 aromatic heterocycles. The van der Waals surface area contributed by atoms with Crippen molar-refractivity contribution in [1.29, 1.82) is 0 Å². The maximum absolute atomic E-state index is 12.0. The lowest BCUT2D eigenvalue weighted by Gasteiger charge is -2.27. The molecule has 0 aliphatic carbocycles. The summed E-state index contributed by atoms with van der Waals surface area (Å²) >= 11 is 0. The zero-order chi connectivity index (χ0) is 16.0. The number of aryl methyl sites for hydroxylation is 1. The number of aliphatic carboxylic acids is 1. The van der Waals surface area contributed by atoms with Crippen molar-refractivity contribution in [2.75, 3.05) is 0 Å². The van der Waals surface area contributed by atoms with Crippen LogP contribution >= 0.6 is 0 Å². The zero-order valence-corrected chi connectivity index (χ0v) is 13.1. The summed E-state index contributed by atoms with van der Waals surface area (Å²) in [7, 11) is 0. The molecule has 2 atom stereocenters. The molecule has 0 saturated carbocycles. The van der Waals surface area contributed by atoms with E-state index >= 15 is 0 Å². The second-order valence-corrected chi connectivity index (χ2v) is 5.56. The van der Waals surface area contributed by atoms with E-state index in [9.17, 15) is 14.7 Å².